The van der Waals surface area contributed by atoms with Crippen LogP contribution in [0.3, 0.4) is 0 Å². The molecular weight excluding hydrogens is 330 g/mol. The zero-order valence-corrected chi connectivity index (χ0v) is 13.5. The van der Waals surface area contributed by atoms with Crippen LogP contribution < -0.4 is 14.8 Å². The number of para-hydroxylation sites is 1. The molecule has 2 aromatic rings. The van der Waals surface area contributed by atoms with E-state index in [1.54, 1.807) is 0 Å². The zero-order valence-electron chi connectivity index (χ0n) is 11.9. The first kappa shape index (κ1) is 14.4. The van der Waals surface area contributed by atoms with Crippen LogP contribution in [0.25, 0.3) is 0 Å². The SMILES string of the molecule is CCC(NCc1cccc2c1OCO2)c1ccc(Br)cc1. The summed E-state index contributed by atoms with van der Waals surface area (Å²) in [5, 5.41) is 3.60. The molecule has 4 heteroatoms. The summed E-state index contributed by atoms with van der Waals surface area (Å²) < 4.78 is 12.1. The van der Waals surface area contributed by atoms with Crippen LogP contribution in [0.4, 0.5) is 0 Å². The fraction of sp³-hybridized carbons (Fsp3) is 0.294. The van der Waals surface area contributed by atoms with Gasteiger partial charge in [0.2, 0.25) is 6.79 Å². The van der Waals surface area contributed by atoms with Gasteiger partial charge < -0.3 is 14.8 Å². The molecular formula is C17H18BrNO2. The minimum Gasteiger partial charge on any atom is -0.454 e. The van der Waals surface area contributed by atoms with Crippen LogP contribution in [-0.4, -0.2) is 6.79 Å². The molecule has 0 bridgehead atoms. The van der Waals surface area contributed by atoms with Crippen molar-refractivity contribution in [3.8, 4) is 11.5 Å². The average molecular weight is 348 g/mol. The van der Waals surface area contributed by atoms with E-state index >= 15 is 0 Å². The normalized spacial score (nSPS) is 14.2. The second-order valence-electron chi connectivity index (χ2n) is 5.04. The molecule has 2 aromatic carbocycles. The van der Waals surface area contributed by atoms with Gasteiger partial charge in [-0.15, -0.1) is 0 Å². The molecule has 1 unspecified atom stereocenters. The summed E-state index contributed by atoms with van der Waals surface area (Å²) in [5.74, 6) is 1.71. The van der Waals surface area contributed by atoms with Crippen LogP contribution in [0, 0.1) is 0 Å². The van der Waals surface area contributed by atoms with Crippen molar-refractivity contribution in [3.63, 3.8) is 0 Å². The summed E-state index contributed by atoms with van der Waals surface area (Å²) in [6.45, 7) is 3.27. The number of benzene rings is 2. The molecule has 0 saturated heterocycles. The van der Waals surface area contributed by atoms with Gasteiger partial charge in [0.05, 0.1) is 0 Å². The molecule has 0 fully saturated rings. The van der Waals surface area contributed by atoms with Crippen molar-refractivity contribution in [2.75, 3.05) is 6.79 Å². The summed E-state index contributed by atoms with van der Waals surface area (Å²) in [6, 6.07) is 14.8. The van der Waals surface area contributed by atoms with Gasteiger partial charge in [-0.3, -0.25) is 0 Å². The molecule has 1 aliphatic rings. The smallest absolute Gasteiger partial charge is 0.231 e. The number of ether oxygens (including phenoxy) is 2. The molecule has 1 atom stereocenters. The molecule has 0 amide bonds. The molecule has 0 aliphatic carbocycles. The first-order chi connectivity index (χ1) is 10.3. The van der Waals surface area contributed by atoms with Crippen LogP contribution in [0.5, 0.6) is 11.5 Å². The maximum absolute atomic E-state index is 5.55. The van der Waals surface area contributed by atoms with Crippen LogP contribution >= 0.6 is 15.9 Å². The molecule has 1 aliphatic heterocycles. The Morgan fingerprint density at radius 2 is 1.95 bits per heavy atom. The Bertz CT molecular complexity index is 613. The standard InChI is InChI=1S/C17H18BrNO2/c1-2-15(12-6-8-14(18)9-7-12)19-10-13-4-3-5-16-17(13)21-11-20-16/h3-9,15,19H,2,10-11H2,1H3. The molecule has 21 heavy (non-hydrogen) atoms. The summed E-state index contributed by atoms with van der Waals surface area (Å²) in [5.41, 5.74) is 2.44. The lowest BCUT2D eigenvalue weighted by molar-refractivity contribution is 0.173. The maximum atomic E-state index is 5.55. The van der Waals surface area contributed by atoms with Gasteiger partial charge in [0.25, 0.3) is 0 Å². The van der Waals surface area contributed by atoms with Crippen LogP contribution in [-0.2, 0) is 6.54 Å². The highest BCUT2D eigenvalue weighted by Gasteiger charge is 2.18. The van der Waals surface area contributed by atoms with Gasteiger partial charge in [0.15, 0.2) is 11.5 Å². The molecule has 110 valence electrons. The molecule has 3 nitrogen and oxygen atoms in total. The fourth-order valence-corrected chi connectivity index (χ4v) is 2.82. The van der Waals surface area contributed by atoms with E-state index < -0.39 is 0 Å². The Morgan fingerprint density at radius 3 is 2.71 bits per heavy atom. The fourth-order valence-electron chi connectivity index (χ4n) is 2.56. The van der Waals surface area contributed by atoms with E-state index in [2.05, 4.69) is 58.5 Å². The predicted octanol–water partition coefficient (Wildman–Crippen LogP) is 4.42. The van der Waals surface area contributed by atoms with Crippen LogP contribution in [0.15, 0.2) is 46.9 Å². The van der Waals surface area contributed by atoms with Crippen molar-refractivity contribution < 1.29 is 9.47 Å². The number of hydrogen-bond donors (Lipinski definition) is 1. The predicted molar refractivity (Wildman–Crippen MR) is 86.6 cm³/mol. The highest BCUT2D eigenvalue weighted by Crippen LogP contribution is 2.35. The van der Waals surface area contributed by atoms with E-state index in [9.17, 15) is 0 Å². The Balaban J connectivity index is 1.71. The molecule has 1 N–H and O–H groups in total. The van der Waals surface area contributed by atoms with Crippen molar-refractivity contribution in [2.24, 2.45) is 0 Å². The van der Waals surface area contributed by atoms with Crippen molar-refractivity contribution >= 4 is 15.9 Å². The van der Waals surface area contributed by atoms with E-state index in [4.69, 9.17) is 9.47 Å². The van der Waals surface area contributed by atoms with Gasteiger partial charge in [-0.2, -0.15) is 0 Å². The molecule has 0 aromatic heterocycles. The molecule has 0 saturated carbocycles. The first-order valence-electron chi connectivity index (χ1n) is 7.14. The largest absolute Gasteiger partial charge is 0.454 e. The Morgan fingerprint density at radius 1 is 1.14 bits per heavy atom. The van der Waals surface area contributed by atoms with E-state index in [0.29, 0.717) is 12.8 Å². The van der Waals surface area contributed by atoms with Gasteiger partial charge >= 0.3 is 0 Å². The van der Waals surface area contributed by atoms with Crippen LogP contribution in [0.2, 0.25) is 0 Å². The monoisotopic (exact) mass is 347 g/mol. The maximum Gasteiger partial charge on any atom is 0.231 e. The lowest BCUT2D eigenvalue weighted by Gasteiger charge is -2.18. The second-order valence-corrected chi connectivity index (χ2v) is 5.96. The van der Waals surface area contributed by atoms with Crippen molar-refractivity contribution in [2.45, 2.75) is 25.9 Å². The Labute approximate surface area is 133 Å². The summed E-state index contributed by atoms with van der Waals surface area (Å²) in [7, 11) is 0. The van der Waals surface area contributed by atoms with E-state index in [1.807, 2.05) is 12.1 Å². The lowest BCUT2D eigenvalue weighted by Crippen LogP contribution is -2.20. The molecule has 0 radical (unpaired) electrons. The zero-order chi connectivity index (χ0) is 14.7. The number of rotatable bonds is 5. The third kappa shape index (κ3) is 3.22. The highest BCUT2D eigenvalue weighted by atomic mass is 79.9. The average Bonchev–Trinajstić information content (AvgIpc) is 2.99. The highest BCUT2D eigenvalue weighted by molar-refractivity contribution is 9.10. The van der Waals surface area contributed by atoms with Gasteiger partial charge in [0.1, 0.15) is 0 Å². The van der Waals surface area contributed by atoms with Gasteiger partial charge in [0, 0.05) is 22.6 Å². The van der Waals surface area contributed by atoms with Crippen molar-refractivity contribution in [3.05, 3.63) is 58.1 Å². The van der Waals surface area contributed by atoms with E-state index in [0.717, 1.165) is 34.5 Å². The third-order valence-electron chi connectivity index (χ3n) is 3.70. The topological polar surface area (TPSA) is 30.5 Å². The third-order valence-corrected chi connectivity index (χ3v) is 4.23. The van der Waals surface area contributed by atoms with E-state index in [1.165, 1.54) is 5.56 Å². The molecule has 1 heterocycles. The molecule has 3 rings (SSSR count). The Kier molecular flexibility index (Phi) is 4.46. The minimum atomic E-state index is 0.316. The summed E-state index contributed by atoms with van der Waals surface area (Å²) >= 11 is 3.48. The quantitative estimate of drug-likeness (QED) is 0.868. The summed E-state index contributed by atoms with van der Waals surface area (Å²) in [6.07, 6.45) is 1.04. The first-order valence-corrected chi connectivity index (χ1v) is 7.93. The number of halogens is 1. The second kappa shape index (κ2) is 6.50. The Hall–Kier alpha value is -1.52. The van der Waals surface area contributed by atoms with Crippen molar-refractivity contribution in [1.82, 2.24) is 5.32 Å². The van der Waals surface area contributed by atoms with Crippen molar-refractivity contribution in [1.29, 1.82) is 0 Å². The van der Waals surface area contributed by atoms with E-state index in [-0.39, 0.29) is 0 Å². The summed E-state index contributed by atoms with van der Waals surface area (Å²) in [4.78, 5) is 0. The number of fused-ring (bicyclic) bond motifs is 1. The molecule has 0 spiro atoms. The van der Waals surface area contributed by atoms with Crippen LogP contribution in [0.1, 0.15) is 30.5 Å². The van der Waals surface area contributed by atoms with Gasteiger partial charge in [-0.25, -0.2) is 0 Å². The number of hydrogen-bond acceptors (Lipinski definition) is 3. The lowest BCUT2D eigenvalue weighted by atomic mass is 10.0. The van der Waals surface area contributed by atoms with Gasteiger partial charge in [-0.05, 0) is 30.2 Å². The number of nitrogens with one attached hydrogen (secondary N) is 1. The minimum absolute atomic E-state index is 0.316. The van der Waals surface area contributed by atoms with Gasteiger partial charge in [-0.1, -0.05) is 47.1 Å².